The lowest BCUT2D eigenvalue weighted by atomic mass is 9.81. The maximum atomic E-state index is 12.1. The van der Waals surface area contributed by atoms with Crippen LogP contribution in [0.3, 0.4) is 0 Å². The van der Waals surface area contributed by atoms with Crippen molar-refractivity contribution in [1.29, 1.82) is 0 Å². The average Bonchev–Trinajstić information content (AvgIpc) is 0.712. The summed E-state index contributed by atoms with van der Waals surface area (Å²) in [4.78, 5) is 136. The summed E-state index contributed by atoms with van der Waals surface area (Å²) < 4.78 is 0. The van der Waals surface area contributed by atoms with Gasteiger partial charge in [0, 0.05) is 92.7 Å². The summed E-state index contributed by atoms with van der Waals surface area (Å²) in [5, 5.41) is 52.4. The molecule has 18 nitrogen and oxygen atoms in total. The average molecular weight is 1570 g/mol. The second-order valence-corrected chi connectivity index (χ2v) is 29.7. The normalized spacial score (nSPS) is 11.5. The fraction of sp³-hybridized carbons (Fsp3) is 0.212. The van der Waals surface area contributed by atoms with E-state index < -0.39 is 35.8 Å². The Morgan fingerprint density at radius 3 is 0.590 bits per heavy atom. The number of hydrogen-bond acceptors (Lipinski definition) is 12. The van der Waals surface area contributed by atoms with Gasteiger partial charge < -0.3 is 30.6 Å². The smallest absolute Gasteiger partial charge is 0.328 e. The first-order chi connectivity index (χ1) is 55.8. The van der Waals surface area contributed by atoms with Crippen LogP contribution >= 0.6 is 0 Å². The maximum absolute atomic E-state index is 12.1. The number of aliphatic carboxylic acids is 6. The van der Waals surface area contributed by atoms with Gasteiger partial charge >= 0.3 is 35.8 Å². The molecule has 0 aromatic heterocycles. The Morgan fingerprint density at radius 1 is 0.256 bits per heavy atom. The van der Waals surface area contributed by atoms with Gasteiger partial charge in [-0.3, -0.25) is 28.8 Å². The first kappa shape index (κ1) is 90.5. The molecule has 9 aromatic rings. The summed E-state index contributed by atoms with van der Waals surface area (Å²) in [6, 6.07) is 71.9. The molecule has 0 saturated carbocycles. The molecule has 6 N–H and O–H groups in total. The van der Waals surface area contributed by atoms with Crippen molar-refractivity contribution in [3.8, 4) is 0 Å². The largest absolute Gasteiger partial charge is 0.478 e. The molecular formula is C99H96O18. The second-order valence-electron chi connectivity index (χ2n) is 29.7. The first-order valence-corrected chi connectivity index (χ1v) is 38.2. The molecular weight excluding hydrogens is 1480 g/mol. The van der Waals surface area contributed by atoms with Gasteiger partial charge in [-0.1, -0.05) is 266 Å². The van der Waals surface area contributed by atoms with E-state index >= 15 is 0 Å². The number of rotatable bonds is 38. The van der Waals surface area contributed by atoms with Crippen molar-refractivity contribution >= 4 is 70.5 Å². The maximum Gasteiger partial charge on any atom is 0.328 e. The summed E-state index contributed by atoms with van der Waals surface area (Å²) in [5.41, 5.74) is 17.9. The molecule has 9 rings (SSSR count). The Kier molecular flexibility index (Phi) is 35.0. The predicted molar refractivity (Wildman–Crippen MR) is 450 cm³/mol. The van der Waals surface area contributed by atoms with Gasteiger partial charge in [0.15, 0.2) is 34.7 Å². The zero-order chi connectivity index (χ0) is 85.1. The van der Waals surface area contributed by atoms with Crippen molar-refractivity contribution in [1.82, 2.24) is 0 Å². The standard InChI is InChI=1S/3C33H32O6/c1-22(2)19-23-3-9-26(10-4-23)33(27-11-5-24(6-12-27)20-29(34)15-17-31(36)37)28-13-7-25(8-14-28)21-30(35)16-18-32(38)39;1-33(2,3)27-14-12-26(13-15-27)32(24-8-4-22(5-9-24)20-28(34)16-18-30(36)37)25-10-6-23(7-11-25)21-29(35)17-19-31(38)39;1-2-3-4-23-5-11-26(12-6-23)33(27-13-7-24(8-14-27)21-29(34)17-19-31(36)37)28-15-9-25(10-16-28)22-30(35)18-20-32(38)39/h3-18,22,33H,19-21H2,1-2H3,(H,36,37)(H,38,39);4-19,32H,20-21H2,1-3H3,(H,36,37)(H,38,39);5-20,33H,2-4,21-22H2,1H3,(H,36,37)(H,38,39)/b17-15+,18-16+;18-16+,19-17+;19-17+,20-18+. The number of carbonyl (C=O) groups is 12. The van der Waals surface area contributed by atoms with E-state index in [0.29, 0.717) is 5.92 Å². The molecule has 0 fully saturated rings. The summed E-state index contributed by atoms with van der Waals surface area (Å²) in [5.74, 6) is -8.41. The lowest BCUT2D eigenvalue weighted by Gasteiger charge is -2.23. The summed E-state index contributed by atoms with van der Waals surface area (Å²) in [6.07, 6.45) is 16.4. The number of aryl methyl sites for hydroxylation is 1. The van der Waals surface area contributed by atoms with Gasteiger partial charge in [-0.2, -0.15) is 0 Å². The highest BCUT2D eigenvalue weighted by atomic mass is 16.4. The number of unbranched alkanes of at least 4 members (excludes halogenated alkanes) is 1. The van der Waals surface area contributed by atoms with E-state index in [1.165, 1.54) is 16.7 Å². The van der Waals surface area contributed by atoms with Crippen molar-refractivity contribution in [2.45, 2.75) is 129 Å². The van der Waals surface area contributed by atoms with Crippen molar-refractivity contribution < 1.29 is 88.2 Å². The highest BCUT2D eigenvalue weighted by Crippen LogP contribution is 2.37. The summed E-state index contributed by atoms with van der Waals surface area (Å²) >= 11 is 0. The van der Waals surface area contributed by atoms with Crippen molar-refractivity contribution in [3.05, 3.63) is 391 Å². The third kappa shape index (κ3) is 31.6. The van der Waals surface area contributed by atoms with Crippen LogP contribution in [0.25, 0.3) is 0 Å². The zero-order valence-corrected chi connectivity index (χ0v) is 66.2. The monoisotopic (exact) mass is 1570 g/mol. The number of carboxylic acids is 6. The molecule has 600 valence electrons. The van der Waals surface area contributed by atoms with Gasteiger partial charge in [0.05, 0.1) is 0 Å². The molecule has 0 unspecified atom stereocenters. The van der Waals surface area contributed by atoms with Crippen LogP contribution in [0.15, 0.2) is 291 Å². The lowest BCUT2D eigenvalue weighted by molar-refractivity contribution is -0.132. The molecule has 117 heavy (non-hydrogen) atoms. The minimum atomic E-state index is -1.16. The molecule has 0 spiro atoms. The third-order valence-corrected chi connectivity index (χ3v) is 18.8. The molecule has 0 aliphatic rings. The van der Waals surface area contributed by atoms with Crippen molar-refractivity contribution in [2.75, 3.05) is 0 Å². The molecule has 0 atom stereocenters. The number of carboxylic acid groups (broad SMARTS) is 6. The Hall–Kier alpha value is -13.7. The van der Waals surface area contributed by atoms with Crippen LogP contribution in [0, 0.1) is 5.92 Å². The topological polar surface area (TPSA) is 326 Å². The fourth-order valence-electron chi connectivity index (χ4n) is 13.0. The van der Waals surface area contributed by atoms with Crippen LogP contribution in [0.2, 0.25) is 0 Å². The first-order valence-electron chi connectivity index (χ1n) is 38.2. The van der Waals surface area contributed by atoms with Gasteiger partial charge in [-0.25, -0.2) is 28.8 Å². The minimum absolute atomic E-state index is 0.0145. The number of ketones is 6. The van der Waals surface area contributed by atoms with Crippen LogP contribution in [-0.2, 0) is 114 Å². The Bertz CT molecular complexity index is 4880. The van der Waals surface area contributed by atoms with Gasteiger partial charge in [0.25, 0.3) is 0 Å². The molecule has 0 aliphatic carbocycles. The van der Waals surface area contributed by atoms with E-state index in [2.05, 4.69) is 114 Å². The number of benzene rings is 9. The van der Waals surface area contributed by atoms with Gasteiger partial charge in [-0.15, -0.1) is 0 Å². The fourth-order valence-corrected chi connectivity index (χ4v) is 13.0. The van der Waals surface area contributed by atoms with E-state index in [1.807, 2.05) is 146 Å². The van der Waals surface area contributed by atoms with Crippen LogP contribution in [-0.4, -0.2) is 101 Å². The number of allylic oxidation sites excluding steroid dienone is 6. The van der Waals surface area contributed by atoms with Crippen molar-refractivity contribution in [3.63, 3.8) is 0 Å². The van der Waals surface area contributed by atoms with E-state index in [4.69, 9.17) is 30.6 Å². The van der Waals surface area contributed by atoms with Crippen LogP contribution < -0.4 is 0 Å². The van der Waals surface area contributed by atoms with E-state index in [9.17, 15) is 57.5 Å². The Labute approximate surface area is 681 Å². The molecule has 18 heteroatoms. The van der Waals surface area contributed by atoms with Crippen LogP contribution in [0.1, 0.15) is 172 Å². The zero-order valence-electron chi connectivity index (χ0n) is 66.2. The predicted octanol–water partition coefficient (Wildman–Crippen LogP) is 17.0. The molecule has 0 heterocycles. The molecule has 0 radical (unpaired) electrons. The number of carbonyl (C=O) groups excluding carboxylic acids is 6. The SMILES string of the molecule is CC(C)(C)c1ccc(C(c2ccc(CC(=O)/C=C/C(=O)O)cc2)c2ccc(CC(=O)/C=C/C(=O)O)cc2)cc1.CC(C)Cc1ccc(C(c2ccc(CC(=O)/C=C/C(=O)O)cc2)c2ccc(CC(=O)/C=C/C(=O)O)cc2)cc1.CCCCc1ccc(C(c2ccc(CC(=O)/C=C/C(=O)O)cc2)c2ccc(CC(=O)/C=C/C(=O)O)cc2)cc1. The second kappa shape index (κ2) is 45.2. The highest BCUT2D eigenvalue weighted by molar-refractivity contribution is 6.00. The molecule has 0 amide bonds. The van der Waals surface area contributed by atoms with E-state index in [1.54, 1.807) is 0 Å². The van der Waals surface area contributed by atoms with E-state index in [-0.39, 0.29) is 96.4 Å². The van der Waals surface area contributed by atoms with Crippen molar-refractivity contribution in [2.24, 2.45) is 5.92 Å². The van der Waals surface area contributed by atoms with Gasteiger partial charge in [-0.05, 0) is 167 Å². The van der Waals surface area contributed by atoms with Crippen LogP contribution in [0.4, 0.5) is 0 Å². The summed E-state index contributed by atoms with van der Waals surface area (Å²) in [6.45, 7) is 13.0. The number of hydrogen-bond donors (Lipinski definition) is 6. The molecule has 0 saturated heterocycles. The molecule has 9 aromatic carbocycles. The van der Waals surface area contributed by atoms with Gasteiger partial charge in [0.2, 0.25) is 0 Å². The highest BCUT2D eigenvalue weighted by Gasteiger charge is 2.23. The van der Waals surface area contributed by atoms with E-state index in [0.717, 1.165) is 182 Å². The minimum Gasteiger partial charge on any atom is -0.478 e. The van der Waals surface area contributed by atoms with Gasteiger partial charge in [0.1, 0.15) is 0 Å². The third-order valence-electron chi connectivity index (χ3n) is 18.8. The summed E-state index contributed by atoms with van der Waals surface area (Å²) in [7, 11) is 0. The Morgan fingerprint density at radius 2 is 0.427 bits per heavy atom. The quantitative estimate of drug-likeness (QED) is 0.0155. The molecule has 0 aliphatic heterocycles. The van der Waals surface area contributed by atoms with Crippen LogP contribution in [0.5, 0.6) is 0 Å². The molecule has 0 bridgehead atoms. The Balaban J connectivity index is 0.000000242. The lowest BCUT2D eigenvalue weighted by Crippen LogP contribution is -2.11.